The van der Waals surface area contributed by atoms with E-state index in [1.807, 2.05) is 12.1 Å². The lowest BCUT2D eigenvalue weighted by Crippen LogP contribution is -2.52. The predicted molar refractivity (Wildman–Crippen MR) is 79.0 cm³/mol. The summed E-state index contributed by atoms with van der Waals surface area (Å²) >= 11 is 0. The smallest absolute Gasteiger partial charge is 0.233 e. The van der Waals surface area contributed by atoms with Crippen LogP contribution in [0.15, 0.2) is 24.3 Å². The molecule has 0 radical (unpaired) electrons. The second-order valence-corrected chi connectivity index (χ2v) is 6.02. The second kappa shape index (κ2) is 5.47. The van der Waals surface area contributed by atoms with Gasteiger partial charge >= 0.3 is 0 Å². The standard InChI is InChI=1S/C17H23NO2/c1-20-15-8-6-14(7-9-15)17(10-5-11-17)16(19)18-12-3-2-4-13-18/h6-9H,2-5,10-13H2,1H3. The van der Waals surface area contributed by atoms with Gasteiger partial charge in [0.15, 0.2) is 0 Å². The maximum absolute atomic E-state index is 13.0. The molecule has 0 N–H and O–H groups in total. The van der Waals surface area contributed by atoms with Crippen molar-refractivity contribution in [3.63, 3.8) is 0 Å². The third-order valence-corrected chi connectivity index (χ3v) is 4.90. The zero-order valence-electron chi connectivity index (χ0n) is 12.2. The molecule has 2 aliphatic rings. The van der Waals surface area contributed by atoms with Crippen molar-refractivity contribution in [3.05, 3.63) is 29.8 Å². The molecule has 1 amide bonds. The number of carbonyl (C=O) groups is 1. The molecule has 1 aliphatic heterocycles. The molecule has 0 atom stereocenters. The van der Waals surface area contributed by atoms with E-state index in [1.165, 1.54) is 12.0 Å². The minimum Gasteiger partial charge on any atom is -0.497 e. The van der Waals surface area contributed by atoms with Crippen molar-refractivity contribution >= 4 is 5.91 Å². The molecule has 0 aromatic heterocycles. The Morgan fingerprint density at radius 2 is 1.70 bits per heavy atom. The quantitative estimate of drug-likeness (QED) is 0.847. The van der Waals surface area contributed by atoms with E-state index in [0.29, 0.717) is 5.91 Å². The third kappa shape index (κ3) is 2.19. The number of nitrogens with zero attached hydrogens (tertiary/aromatic N) is 1. The number of hydrogen-bond donors (Lipinski definition) is 0. The summed E-state index contributed by atoms with van der Waals surface area (Å²) in [5, 5.41) is 0. The Morgan fingerprint density at radius 1 is 1.05 bits per heavy atom. The summed E-state index contributed by atoms with van der Waals surface area (Å²) in [5.74, 6) is 1.21. The van der Waals surface area contributed by atoms with Crippen LogP contribution in [0.3, 0.4) is 0 Å². The van der Waals surface area contributed by atoms with Gasteiger partial charge < -0.3 is 9.64 Å². The topological polar surface area (TPSA) is 29.5 Å². The number of amides is 1. The number of piperidine rings is 1. The highest BCUT2D eigenvalue weighted by molar-refractivity contribution is 5.89. The van der Waals surface area contributed by atoms with E-state index in [1.54, 1.807) is 7.11 Å². The lowest BCUT2D eigenvalue weighted by molar-refractivity contribution is -0.141. The van der Waals surface area contributed by atoms with Gasteiger partial charge in [-0.05, 0) is 49.8 Å². The Hall–Kier alpha value is -1.51. The van der Waals surface area contributed by atoms with Crippen molar-refractivity contribution in [2.75, 3.05) is 20.2 Å². The molecule has 3 rings (SSSR count). The number of ether oxygens (including phenoxy) is 1. The van der Waals surface area contributed by atoms with Crippen molar-refractivity contribution in [2.24, 2.45) is 0 Å². The van der Waals surface area contributed by atoms with E-state index in [4.69, 9.17) is 4.74 Å². The summed E-state index contributed by atoms with van der Waals surface area (Å²) in [7, 11) is 1.67. The molecule has 1 aromatic rings. The van der Waals surface area contributed by atoms with Crippen LogP contribution in [0.4, 0.5) is 0 Å². The average molecular weight is 273 g/mol. The Kier molecular flexibility index (Phi) is 3.68. The van der Waals surface area contributed by atoms with Crippen LogP contribution in [-0.2, 0) is 10.2 Å². The van der Waals surface area contributed by atoms with Crippen LogP contribution < -0.4 is 4.74 Å². The van der Waals surface area contributed by atoms with E-state index in [9.17, 15) is 4.79 Å². The number of hydrogen-bond acceptors (Lipinski definition) is 2. The Balaban J connectivity index is 1.83. The predicted octanol–water partition coefficient (Wildman–Crippen LogP) is 3.13. The molecule has 1 aromatic carbocycles. The summed E-state index contributed by atoms with van der Waals surface area (Å²) in [4.78, 5) is 15.0. The highest BCUT2D eigenvalue weighted by atomic mass is 16.5. The number of methoxy groups -OCH3 is 1. The Morgan fingerprint density at radius 3 is 2.20 bits per heavy atom. The van der Waals surface area contributed by atoms with E-state index in [-0.39, 0.29) is 5.41 Å². The first-order valence-corrected chi connectivity index (χ1v) is 7.70. The number of carbonyl (C=O) groups excluding carboxylic acids is 1. The number of rotatable bonds is 3. The van der Waals surface area contributed by atoms with Crippen LogP contribution in [0.2, 0.25) is 0 Å². The first-order valence-electron chi connectivity index (χ1n) is 7.70. The molecule has 1 saturated heterocycles. The van der Waals surface area contributed by atoms with Gasteiger partial charge in [-0.15, -0.1) is 0 Å². The van der Waals surface area contributed by atoms with Gasteiger partial charge in [0.1, 0.15) is 5.75 Å². The lowest BCUT2D eigenvalue weighted by atomic mass is 9.63. The molecule has 0 unspecified atom stereocenters. The fraction of sp³-hybridized carbons (Fsp3) is 0.588. The summed E-state index contributed by atoms with van der Waals surface area (Å²) < 4.78 is 5.21. The Labute approximate surface area is 120 Å². The Bertz CT molecular complexity index is 470. The fourth-order valence-electron chi connectivity index (χ4n) is 3.47. The van der Waals surface area contributed by atoms with Gasteiger partial charge in [-0.25, -0.2) is 0 Å². The zero-order chi connectivity index (χ0) is 14.0. The molecular formula is C17H23NO2. The van der Waals surface area contributed by atoms with Gasteiger partial charge in [-0.1, -0.05) is 18.6 Å². The molecule has 1 aliphatic carbocycles. The van der Waals surface area contributed by atoms with E-state index in [2.05, 4.69) is 17.0 Å². The van der Waals surface area contributed by atoms with Crippen molar-refractivity contribution in [1.29, 1.82) is 0 Å². The SMILES string of the molecule is COc1ccc(C2(C(=O)N3CCCCC3)CCC2)cc1. The minimum absolute atomic E-state index is 0.246. The van der Waals surface area contributed by atoms with Crippen molar-refractivity contribution in [1.82, 2.24) is 4.90 Å². The summed E-state index contributed by atoms with van der Waals surface area (Å²) in [6, 6.07) is 8.08. The van der Waals surface area contributed by atoms with E-state index >= 15 is 0 Å². The molecule has 20 heavy (non-hydrogen) atoms. The van der Waals surface area contributed by atoms with Crippen LogP contribution >= 0.6 is 0 Å². The minimum atomic E-state index is -0.246. The van der Waals surface area contributed by atoms with Crippen molar-refractivity contribution < 1.29 is 9.53 Å². The summed E-state index contributed by atoms with van der Waals surface area (Å²) in [6.07, 6.45) is 6.73. The molecular weight excluding hydrogens is 250 g/mol. The first kappa shape index (κ1) is 13.5. The highest BCUT2D eigenvalue weighted by Crippen LogP contribution is 2.45. The molecule has 2 fully saturated rings. The first-order chi connectivity index (χ1) is 9.76. The van der Waals surface area contributed by atoms with Crippen LogP contribution in [0.1, 0.15) is 44.1 Å². The van der Waals surface area contributed by atoms with Crippen LogP contribution in [0, 0.1) is 0 Å². The van der Waals surface area contributed by atoms with Gasteiger partial charge in [0.05, 0.1) is 12.5 Å². The zero-order valence-corrected chi connectivity index (χ0v) is 12.2. The van der Waals surface area contributed by atoms with Gasteiger partial charge in [-0.3, -0.25) is 4.79 Å². The van der Waals surface area contributed by atoms with Crippen molar-refractivity contribution in [3.8, 4) is 5.75 Å². The second-order valence-electron chi connectivity index (χ2n) is 6.02. The van der Waals surface area contributed by atoms with Gasteiger partial charge in [0, 0.05) is 13.1 Å². The maximum Gasteiger partial charge on any atom is 0.233 e. The normalized spacial score (nSPS) is 21.1. The molecule has 108 valence electrons. The average Bonchev–Trinajstić information content (AvgIpc) is 2.47. The molecule has 3 heteroatoms. The molecule has 0 bridgehead atoms. The summed E-state index contributed by atoms with van der Waals surface area (Å²) in [6.45, 7) is 1.88. The van der Waals surface area contributed by atoms with Gasteiger partial charge in [0.25, 0.3) is 0 Å². The highest BCUT2D eigenvalue weighted by Gasteiger charge is 2.47. The van der Waals surface area contributed by atoms with Crippen molar-refractivity contribution in [2.45, 2.75) is 43.9 Å². The van der Waals surface area contributed by atoms with Crippen LogP contribution in [0.5, 0.6) is 5.75 Å². The van der Waals surface area contributed by atoms with Gasteiger partial charge in [0.2, 0.25) is 5.91 Å². The molecule has 0 spiro atoms. The fourth-order valence-corrected chi connectivity index (χ4v) is 3.47. The third-order valence-electron chi connectivity index (χ3n) is 4.90. The van der Waals surface area contributed by atoms with Crippen LogP contribution in [-0.4, -0.2) is 31.0 Å². The molecule has 1 saturated carbocycles. The number of benzene rings is 1. The number of likely N-dealkylation sites (tertiary alicyclic amines) is 1. The summed E-state index contributed by atoms with van der Waals surface area (Å²) in [5.41, 5.74) is 0.920. The molecule has 3 nitrogen and oxygen atoms in total. The lowest BCUT2D eigenvalue weighted by Gasteiger charge is -2.45. The van der Waals surface area contributed by atoms with Gasteiger partial charge in [-0.2, -0.15) is 0 Å². The largest absolute Gasteiger partial charge is 0.497 e. The molecule has 1 heterocycles. The van der Waals surface area contributed by atoms with Crippen LogP contribution in [0.25, 0.3) is 0 Å². The monoisotopic (exact) mass is 273 g/mol. The maximum atomic E-state index is 13.0. The van der Waals surface area contributed by atoms with E-state index in [0.717, 1.165) is 50.9 Å². The van der Waals surface area contributed by atoms with E-state index < -0.39 is 0 Å².